The molecule has 1 rings (SSSR count). The summed E-state index contributed by atoms with van der Waals surface area (Å²) in [5.41, 5.74) is 0.439. The van der Waals surface area contributed by atoms with Gasteiger partial charge < -0.3 is 44.2 Å². The zero-order valence-corrected chi connectivity index (χ0v) is 27.0. The summed E-state index contributed by atoms with van der Waals surface area (Å²) >= 11 is 0. The highest BCUT2D eigenvalue weighted by Crippen LogP contribution is 2.38. The third kappa shape index (κ3) is 25.5. The number of benzene rings is 1. The summed E-state index contributed by atoms with van der Waals surface area (Å²) in [6.45, 7) is 17.6. The Morgan fingerprint density at radius 3 is 1.54 bits per heavy atom. The van der Waals surface area contributed by atoms with E-state index in [-0.39, 0.29) is 36.2 Å². The number of hydrogen-bond acceptors (Lipinski definition) is 10. The van der Waals surface area contributed by atoms with E-state index in [4.69, 9.17) is 28.4 Å². The number of phenols is 1. The molecular formula is C31H60N2O8. The SMILES string of the molecule is CCCC.CCCOC.CCCOCCOc1cc(C(=O)CC)cc(OCCOCCNCCNCCOC)c1O. The van der Waals surface area contributed by atoms with Gasteiger partial charge in [0, 0.05) is 65.6 Å². The van der Waals surface area contributed by atoms with Crippen molar-refractivity contribution >= 4 is 5.78 Å². The van der Waals surface area contributed by atoms with Crippen LogP contribution >= 0.6 is 0 Å². The van der Waals surface area contributed by atoms with Gasteiger partial charge in [0.05, 0.1) is 26.4 Å². The lowest BCUT2D eigenvalue weighted by Gasteiger charge is -2.15. The minimum atomic E-state index is -0.129. The molecule has 0 unspecified atom stereocenters. The summed E-state index contributed by atoms with van der Waals surface area (Å²) in [6, 6.07) is 3.08. The fraction of sp³-hybridized carbons (Fsp3) is 0.774. The molecule has 0 radical (unpaired) electrons. The highest BCUT2D eigenvalue weighted by molar-refractivity contribution is 5.97. The van der Waals surface area contributed by atoms with Gasteiger partial charge in [0.1, 0.15) is 13.2 Å². The van der Waals surface area contributed by atoms with E-state index in [0.29, 0.717) is 45.0 Å². The molecule has 0 heterocycles. The third-order valence-corrected chi connectivity index (χ3v) is 5.29. The van der Waals surface area contributed by atoms with Crippen LogP contribution in [0.15, 0.2) is 12.1 Å². The first kappa shape index (κ1) is 41.2. The summed E-state index contributed by atoms with van der Waals surface area (Å²) in [4.78, 5) is 12.2. The number of hydrogen-bond donors (Lipinski definition) is 3. The summed E-state index contributed by atoms with van der Waals surface area (Å²) in [5, 5.41) is 17.0. The molecule has 41 heavy (non-hydrogen) atoms. The van der Waals surface area contributed by atoms with Crippen LogP contribution in [0.25, 0.3) is 0 Å². The van der Waals surface area contributed by atoms with Gasteiger partial charge in [0.25, 0.3) is 0 Å². The highest BCUT2D eigenvalue weighted by Gasteiger charge is 2.16. The minimum Gasteiger partial charge on any atom is -0.502 e. The second kappa shape index (κ2) is 32.6. The number of nitrogens with one attached hydrogen (secondary N) is 2. The summed E-state index contributed by atoms with van der Waals surface area (Å²) < 4.78 is 31.9. The van der Waals surface area contributed by atoms with Crippen molar-refractivity contribution in [3.8, 4) is 17.2 Å². The first-order valence-electron chi connectivity index (χ1n) is 15.2. The Kier molecular flexibility index (Phi) is 32.7. The summed E-state index contributed by atoms with van der Waals surface area (Å²) in [5.74, 6) is 0.234. The second-order valence-corrected chi connectivity index (χ2v) is 9.01. The predicted molar refractivity (Wildman–Crippen MR) is 166 cm³/mol. The molecule has 242 valence electrons. The third-order valence-electron chi connectivity index (χ3n) is 5.29. The number of carbonyl (C=O) groups is 1. The van der Waals surface area contributed by atoms with E-state index in [1.807, 2.05) is 6.92 Å². The van der Waals surface area contributed by atoms with Gasteiger partial charge in [-0.3, -0.25) is 4.79 Å². The van der Waals surface area contributed by atoms with Gasteiger partial charge in [-0.15, -0.1) is 0 Å². The molecule has 3 N–H and O–H groups in total. The Morgan fingerprint density at radius 2 is 1.12 bits per heavy atom. The molecule has 0 spiro atoms. The molecule has 0 aliphatic heterocycles. The fourth-order valence-corrected chi connectivity index (χ4v) is 2.89. The molecule has 0 aromatic heterocycles. The van der Waals surface area contributed by atoms with Crippen molar-refractivity contribution in [2.24, 2.45) is 0 Å². The molecule has 0 amide bonds. The lowest BCUT2D eigenvalue weighted by Crippen LogP contribution is -2.31. The number of Topliss-reactive ketones (excluding diaryl/α,β-unsaturated/α-hetero) is 1. The zero-order valence-electron chi connectivity index (χ0n) is 27.0. The number of methoxy groups -OCH3 is 2. The summed E-state index contributed by atoms with van der Waals surface area (Å²) in [6.07, 6.45) is 5.03. The average molecular weight is 589 g/mol. The van der Waals surface area contributed by atoms with Crippen LogP contribution < -0.4 is 20.1 Å². The highest BCUT2D eigenvalue weighted by atomic mass is 16.5. The van der Waals surface area contributed by atoms with Gasteiger partial charge in [-0.1, -0.05) is 47.5 Å². The summed E-state index contributed by atoms with van der Waals surface area (Å²) in [7, 11) is 3.39. The Bertz CT molecular complexity index is 703. The average Bonchev–Trinajstić information content (AvgIpc) is 2.99. The number of carbonyl (C=O) groups excluding carboxylic acids is 1. The number of phenolic OH excluding ortho intramolecular Hbond substituents is 1. The lowest BCUT2D eigenvalue weighted by atomic mass is 10.1. The van der Waals surface area contributed by atoms with Crippen LogP contribution in [0.2, 0.25) is 0 Å². The molecule has 0 saturated carbocycles. The van der Waals surface area contributed by atoms with Crippen LogP contribution in [0.1, 0.15) is 77.1 Å². The van der Waals surface area contributed by atoms with E-state index in [1.165, 1.54) is 12.8 Å². The molecule has 0 bridgehead atoms. The van der Waals surface area contributed by atoms with Crippen molar-refractivity contribution in [1.29, 1.82) is 0 Å². The van der Waals surface area contributed by atoms with E-state index in [2.05, 4.69) is 31.4 Å². The Morgan fingerprint density at radius 1 is 0.634 bits per heavy atom. The van der Waals surface area contributed by atoms with Crippen molar-refractivity contribution in [2.45, 2.75) is 66.7 Å². The lowest BCUT2D eigenvalue weighted by molar-refractivity contribution is 0.0954. The molecule has 0 aliphatic carbocycles. The van der Waals surface area contributed by atoms with Gasteiger partial charge in [0.2, 0.25) is 5.75 Å². The van der Waals surface area contributed by atoms with E-state index in [1.54, 1.807) is 33.3 Å². The van der Waals surface area contributed by atoms with Crippen LogP contribution in [0.3, 0.4) is 0 Å². The molecular weight excluding hydrogens is 528 g/mol. The van der Waals surface area contributed by atoms with Crippen LogP contribution in [0, 0.1) is 0 Å². The molecule has 0 saturated heterocycles. The van der Waals surface area contributed by atoms with Gasteiger partial charge in [-0.2, -0.15) is 0 Å². The molecule has 1 aromatic carbocycles. The van der Waals surface area contributed by atoms with Crippen molar-refractivity contribution < 1.29 is 38.3 Å². The molecule has 10 nitrogen and oxygen atoms in total. The van der Waals surface area contributed by atoms with Crippen molar-refractivity contribution in [3.05, 3.63) is 17.7 Å². The van der Waals surface area contributed by atoms with Gasteiger partial charge >= 0.3 is 0 Å². The Hall–Kier alpha value is -1.95. The maximum Gasteiger partial charge on any atom is 0.200 e. The van der Waals surface area contributed by atoms with Gasteiger partial charge in [-0.05, 0) is 25.0 Å². The Balaban J connectivity index is 0. The molecule has 0 atom stereocenters. The zero-order chi connectivity index (χ0) is 31.0. The number of unbranched alkanes of at least 4 members (excludes halogenated alkanes) is 1. The van der Waals surface area contributed by atoms with E-state index >= 15 is 0 Å². The topological polar surface area (TPSA) is 117 Å². The van der Waals surface area contributed by atoms with Crippen molar-refractivity contribution in [2.75, 3.05) is 93.3 Å². The second-order valence-electron chi connectivity index (χ2n) is 9.01. The monoisotopic (exact) mass is 588 g/mol. The fourth-order valence-electron chi connectivity index (χ4n) is 2.89. The van der Waals surface area contributed by atoms with E-state index < -0.39 is 0 Å². The molecule has 10 heteroatoms. The van der Waals surface area contributed by atoms with Crippen LogP contribution in [-0.4, -0.2) is 104 Å². The molecule has 1 aromatic rings. The number of aromatic hydroxyl groups is 1. The molecule has 0 aliphatic rings. The van der Waals surface area contributed by atoms with E-state index in [0.717, 1.165) is 45.6 Å². The first-order valence-corrected chi connectivity index (χ1v) is 15.2. The number of ketones is 1. The number of ether oxygens (including phenoxy) is 6. The maximum absolute atomic E-state index is 12.2. The van der Waals surface area contributed by atoms with Gasteiger partial charge in [0.15, 0.2) is 17.3 Å². The van der Waals surface area contributed by atoms with Crippen LogP contribution in [0.5, 0.6) is 17.2 Å². The number of rotatable bonds is 24. The van der Waals surface area contributed by atoms with Gasteiger partial charge in [-0.25, -0.2) is 0 Å². The smallest absolute Gasteiger partial charge is 0.200 e. The standard InChI is InChI=1S/C23H40N2O7.C4H10O.C4H10/c1-4-10-29-13-15-31-21-17-19(20(26)5-2)18-22(23(21)27)32-16-14-30-12-9-25-7-6-24-8-11-28-3;1-3-4-5-2;1-3-4-2/h17-18,24-25,27H,4-16H2,1-3H3;3-4H2,1-2H3;3-4H2,1-2H3. The predicted octanol–water partition coefficient (Wildman–Crippen LogP) is 4.86. The van der Waals surface area contributed by atoms with Crippen molar-refractivity contribution in [3.63, 3.8) is 0 Å². The largest absolute Gasteiger partial charge is 0.502 e. The first-order chi connectivity index (χ1) is 20.0. The van der Waals surface area contributed by atoms with E-state index in [9.17, 15) is 9.90 Å². The normalized spacial score (nSPS) is 10.3. The maximum atomic E-state index is 12.2. The van der Waals surface area contributed by atoms with Crippen molar-refractivity contribution in [1.82, 2.24) is 10.6 Å². The quantitative estimate of drug-likeness (QED) is 0.114. The molecule has 0 fully saturated rings. The van der Waals surface area contributed by atoms with Crippen LogP contribution in [0.4, 0.5) is 0 Å². The Labute approximate surface area is 249 Å². The minimum absolute atomic E-state index is 0.0547. The van der Waals surface area contributed by atoms with Crippen LogP contribution in [-0.2, 0) is 18.9 Å².